The van der Waals surface area contributed by atoms with Crippen LogP contribution in [0, 0.1) is 0 Å². The number of amides is 1. The van der Waals surface area contributed by atoms with Gasteiger partial charge < -0.3 is 15.0 Å². The molecule has 7 nitrogen and oxygen atoms in total. The van der Waals surface area contributed by atoms with Gasteiger partial charge in [-0.2, -0.15) is 0 Å². The standard InChI is InChI=1S/C23H28N4O3/c1-23(2,3)30-26-22(28)16-9-10-20-18(15-16)25-21(27-13-6-11-24-12-14-27)17-7-4-5-8-19(17)29-20/h4-5,7-10,15,24H,6,11-14H2,1-3H3,(H,26,28). The van der Waals surface area contributed by atoms with Gasteiger partial charge in [0.05, 0.1) is 11.2 Å². The number of hydrogen-bond donors (Lipinski definition) is 2. The van der Waals surface area contributed by atoms with E-state index in [9.17, 15) is 4.79 Å². The maximum absolute atomic E-state index is 12.6. The van der Waals surface area contributed by atoms with E-state index >= 15 is 0 Å². The maximum atomic E-state index is 12.6. The van der Waals surface area contributed by atoms with E-state index in [2.05, 4.69) is 15.7 Å². The summed E-state index contributed by atoms with van der Waals surface area (Å²) in [5.74, 6) is 1.95. The van der Waals surface area contributed by atoms with Crippen molar-refractivity contribution in [3.8, 4) is 11.5 Å². The summed E-state index contributed by atoms with van der Waals surface area (Å²) in [4.78, 5) is 25.2. The van der Waals surface area contributed by atoms with Gasteiger partial charge in [-0.1, -0.05) is 12.1 Å². The van der Waals surface area contributed by atoms with Gasteiger partial charge in [-0.25, -0.2) is 10.5 Å². The van der Waals surface area contributed by atoms with Crippen LogP contribution >= 0.6 is 0 Å². The summed E-state index contributed by atoms with van der Waals surface area (Å²) in [6.07, 6.45) is 1.04. The van der Waals surface area contributed by atoms with Crippen LogP contribution in [0.5, 0.6) is 11.5 Å². The molecule has 0 radical (unpaired) electrons. The van der Waals surface area contributed by atoms with Gasteiger partial charge in [-0.3, -0.25) is 9.63 Å². The Labute approximate surface area is 177 Å². The van der Waals surface area contributed by atoms with E-state index < -0.39 is 5.60 Å². The number of carbonyl (C=O) groups is 1. The number of hydrogen-bond acceptors (Lipinski definition) is 6. The molecule has 0 aliphatic carbocycles. The summed E-state index contributed by atoms with van der Waals surface area (Å²) in [5.41, 5.74) is 4.09. The van der Waals surface area contributed by atoms with Crippen molar-refractivity contribution in [2.45, 2.75) is 32.8 Å². The number of nitrogens with zero attached hydrogens (tertiary/aromatic N) is 2. The average Bonchev–Trinajstić information content (AvgIpc) is 3.08. The Morgan fingerprint density at radius 2 is 1.97 bits per heavy atom. The van der Waals surface area contributed by atoms with Gasteiger partial charge in [-0.15, -0.1) is 0 Å². The van der Waals surface area contributed by atoms with Gasteiger partial charge in [0.2, 0.25) is 0 Å². The lowest BCUT2D eigenvalue weighted by Gasteiger charge is -2.24. The van der Waals surface area contributed by atoms with Crippen LogP contribution in [0.15, 0.2) is 47.5 Å². The van der Waals surface area contributed by atoms with Crippen molar-refractivity contribution in [1.82, 2.24) is 15.7 Å². The lowest BCUT2D eigenvalue weighted by molar-refractivity contribution is -0.0589. The summed E-state index contributed by atoms with van der Waals surface area (Å²) >= 11 is 0. The van der Waals surface area contributed by atoms with Crippen LogP contribution in [0.1, 0.15) is 43.1 Å². The SMILES string of the molecule is CC(C)(C)ONC(=O)c1ccc2c(c1)N=C(N1CCCNCC1)c1ccccc1O2. The first kappa shape index (κ1) is 20.4. The van der Waals surface area contributed by atoms with E-state index in [0.29, 0.717) is 17.0 Å². The molecule has 1 fully saturated rings. The van der Waals surface area contributed by atoms with E-state index in [0.717, 1.165) is 49.7 Å². The predicted octanol–water partition coefficient (Wildman–Crippen LogP) is 3.63. The zero-order valence-corrected chi connectivity index (χ0v) is 17.7. The first-order chi connectivity index (χ1) is 14.4. The van der Waals surface area contributed by atoms with Crippen LogP contribution in [0.25, 0.3) is 0 Å². The summed E-state index contributed by atoms with van der Waals surface area (Å²) in [6.45, 7) is 9.31. The second-order valence-corrected chi connectivity index (χ2v) is 8.45. The molecule has 2 aromatic carbocycles. The zero-order valence-electron chi connectivity index (χ0n) is 17.7. The molecule has 0 spiro atoms. The minimum atomic E-state index is -0.474. The minimum absolute atomic E-state index is 0.315. The Hall–Kier alpha value is -2.90. The van der Waals surface area contributed by atoms with Crippen molar-refractivity contribution in [2.75, 3.05) is 26.2 Å². The van der Waals surface area contributed by atoms with Crippen molar-refractivity contribution >= 4 is 17.4 Å². The molecule has 4 rings (SSSR count). The monoisotopic (exact) mass is 408 g/mol. The number of aliphatic imine (C=N–C) groups is 1. The largest absolute Gasteiger partial charge is 0.454 e. The lowest BCUT2D eigenvalue weighted by atomic mass is 10.1. The quantitative estimate of drug-likeness (QED) is 0.743. The molecule has 2 N–H and O–H groups in total. The first-order valence-corrected chi connectivity index (χ1v) is 10.3. The fraction of sp³-hybridized carbons (Fsp3) is 0.391. The Morgan fingerprint density at radius 3 is 2.80 bits per heavy atom. The van der Waals surface area contributed by atoms with Crippen LogP contribution in [-0.4, -0.2) is 48.4 Å². The van der Waals surface area contributed by atoms with Crippen molar-refractivity contribution in [3.63, 3.8) is 0 Å². The summed E-state index contributed by atoms with van der Waals surface area (Å²) < 4.78 is 6.18. The van der Waals surface area contributed by atoms with Crippen LogP contribution in [-0.2, 0) is 4.84 Å². The maximum Gasteiger partial charge on any atom is 0.274 e. The zero-order chi connectivity index (χ0) is 21.1. The molecule has 2 aliphatic rings. The molecular weight excluding hydrogens is 380 g/mol. The smallest absolute Gasteiger partial charge is 0.274 e. The fourth-order valence-corrected chi connectivity index (χ4v) is 3.42. The topological polar surface area (TPSA) is 75.2 Å². The molecule has 2 aliphatic heterocycles. The number of rotatable bonds is 2. The lowest BCUT2D eigenvalue weighted by Crippen LogP contribution is -2.34. The van der Waals surface area contributed by atoms with E-state index in [-0.39, 0.29) is 5.91 Å². The Balaban J connectivity index is 1.71. The number of nitrogens with one attached hydrogen (secondary N) is 2. The summed E-state index contributed by atoms with van der Waals surface area (Å²) in [7, 11) is 0. The molecule has 2 aromatic rings. The van der Waals surface area contributed by atoms with Crippen molar-refractivity contribution in [3.05, 3.63) is 53.6 Å². The fourth-order valence-electron chi connectivity index (χ4n) is 3.42. The molecule has 0 atom stereocenters. The Kier molecular flexibility index (Phi) is 5.74. The van der Waals surface area contributed by atoms with Gasteiger partial charge >= 0.3 is 0 Å². The van der Waals surface area contributed by atoms with Crippen LogP contribution in [0.3, 0.4) is 0 Å². The number of hydroxylamine groups is 1. The van der Waals surface area contributed by atoms with Gasteiger partial charge in [-0.05, 0) is 64.1 Å². The second-order valence-electron chi connectivity index (χ2n) is 8.45. The van der Waals surface area contributed by atoms with Crippen LogP contribution in [0.2, 0.25) is 0 Å². The average molecular weight is 409 g/mol. The Bertz CT molecular complexity index is 957. The second kappa shape index (κ2) is 8.45. The van der Waals surface area contributed by atoms with Crippen molar-refractivity contribution in [1.29, 1.82) is 0 Å². The summed E-state index contributed by atoms with van der Waals surface area (Å²) in [5, 5.41) is 3.43. The third-order valence-corrected chi connectivity index (χ3v) is 4.88. The van der Waals surface area contributed by atoms with Gasteiger partial charge in [0.1, 0.15) is 17.3 Å². The van der Waals surface area contributed by atoms with Crippen molar-refractivity contribution < 1.29 is 14.4 Å². The molecule has 0 bridgehead atoms. The summed E-state index contributed by atoms with van der Waals surface area (Å²) in [6, 6.07) is 13.2. The number of fused-ring (bicyclic) bond motifs is 2. The molecule has 1 amide bonds. The van der Waals surface area contributed by atoms with Gasteiger partial charge in [0, 0.05) is 25.2 Å². The highest BCUT2D eigenvalue weighted by Gasteiger charge is 2.24. The number of carbonyl (C=O) groups excluding carboxylic acids is 1. The van der Waals surface area contributed by atoms with E-state index in [1.54, 1.807) is 18.2 Å². The molecule has 2 heterocycles. The molecule has 1 saturated heterocycles. The van der Waals surface area contributed by atoms with E-state index in [1.165, 1.54) is 0 Å². The molecular formula is C23H28N4O3. The molecule has 0 unspecified atom stereocenters. The number of para-hydroxylation sites is 1. The van der Waals surface area contributed by atoms with Crippen LogP contribution in [0.4, 0.5) is 5.69 Å². The molecule has 0 aromatic heterocycles. The van der Waals surface area contributed by atoms with Crippen molar-refractivity contribution in [2.24, 2.45) is 4.99 Å². The van der Waals surface area contributed by atoms with Crippen LogP contribution < -0.4 is 15.5 Å². The number of ether oxygens (including phenoxy) is 1. The normalized spacial score (nSPS) is 16.4. The number of benzene rings is 2. The van der Waals surface area contributed by atoms with Gasteiger partial charge in [0.25, 0.3) is 5.91 Å². The molecule has 158 valence electrons. The van der Waals surface area contributed by atoms with Gasteiger partial charge in [0.15, 0.2) is 5.75 Å². The first-order valence-electron chi connectivity index (χ1n) is 10.3. The molecule has 30 heavy (non-hydrogen) atoms. The van der Waals surface area contributed by atoms with E-state index in [4.69, 9.17) is 14.6 Å². The third-order valence-electron chi connectivity index (χ3n) is 4.88. The molecule has 0 saturated carbocycles. The minimum Gasteiger partial charge on any atom is -0.454 e. The third kappa shape index (κ3) is 4.63. The number of amidine groups is 1. The highest BCUT2D eigenvalue weighted by Crippen LogP contribution is 2.38. The Morgan fingerprint density at radius 1 is 1.13 bits per heavy atom. The van der Waals surface area contributed by atoms with E-state index in [1.807, 2.05) is 45.0 Å². The highest BCUT2D eigenvalue weighted by atomic mass is 16.7. The highest BCUT2D eigenvalue weighted by molar-refractivity contribution is 6.04. The predicted molar refractivity (Wildman–Crippen MR) is 117 cm³/mol. The molecule has 7 heteroatoms.